The zero-order chi connectivity index (χ0) is 21.5. The fourth-order valence-electron chi connectivity index (χ4n) is 3.37. The SMILES string of the molecule is CC/C(=C\c1ccccc1)c1ccc(OCc2ccccc2)c(=O)c(-c2cscn2)c1. The highest BCUT2D eigenvalue weighted by Crippen LogP contribution is 2.26. The average Bonchev–Trinajstić information content (AvgIpc) is 3.30. The monoisotopic (exact) mass is 425 g/mol. The van der Waals surface area contributed by atoms with Gasteiger partial charge in [-0.1, -0.05) is 79.7 Å². The molecule has 3 nitrogen and oxygen atoms in total. The van der Waals surface area contributed by atoms with E-state index in [9.17, 15) is 4.79 Å². The third-order valence-corrected chi connectivity index (χ3v) is 5.61. The molecular weight excluding hydrogens is 402 g/mol. The average molecular weight is 426 g/mol. The summed E-state index contributed by atoms with van der Waals surface area (Å²) < 4.78 is 5.95. The first kappa shape index (κ1) is 20.8. The van der Waals surface area contributed by atoms with Gasteiger partial charge in [0, 0.05) is 5.38 Å². The number of benzene rings is 2. The van der Waals surface area contributed by atoms with Crippen molar-refractivity contribution in [2.24, 2.45) is 0 Å². The van der Waals surface area contributed by atoms with E-state index in [4.69, 9.17) is 4.74 Å². The minimum Gasteiger partial charge on any atom is -0.485 e. The highest BCUT2D eigenvalue weighted by molar-refractivity contribution is 7.07. The Morgan fingerprint density at radius 1 is 1.00 bits per heavy atom. The molecule has 0 saturated heterocycles. The summed E-state index contributed by atoms with van der Waals surface area (Å²) in [6, 6.07) is 25.7. The number of nitrogens with zero attached hydrogens (tertiary/aromatic N) is 1. The number of hydrogen-bond acceptors (Lipinski definition) is 4. The Labute approximate surface area is 186 Å². The van der Waals surface area contributed by atoms with Crippen LogP contribution in [0.4, 0.5) is 0 Å². The summed E-state index contributed by atoms with van der Waals surface area (Å²) in [6.07, 6.45) is 3.00. The summed E-state index contributed by atoms with van der Waals surface area (Å²) in [6.45, 7) is 2.46. The first-order valence-electron chi connectivity index (χ1n) is 10.2. The van der Waals surface area contributed by atoms with Gasteiger partial charge in [-0.25, -0.2) is 4.98 Å². The smallest absolute Gasteiger partial charge is 0.229 e. The fourth-order valence-corrected chi connectivity index (χ4v) is 3.92. The second kappa shape index (κ2) is 10.0. The maximum Gasteiger partial charge on any atom is 0.229 e. The Bertz CT molecular complexity index is 1220. The van der Waals surface area contributed by atoms with Crippen LogP contribution in [0.5, 0.6) is 5.75 Å². The van der Waals surface area contributed by atoms with Gasteiger partial charge in [-0.15, -0.1) is 11.3 Å². The Kier molecular flexibility index (Phi) is 6.70. The Morgan fingerprint density at radius 3 is 2.42 bits per heavy atom. The molecule has 0 fully saturated rings. The molecule has 0 aliphatic carbocycles. The maximum absolute atomic E-state index is 13.3. The molecular formula is C27H23NO2S. The van der Waals surface area contributed by atoms with Crippen LogP contribution in [0.1, 0.15) is 30.0 Å². The molecule has 4 rings (SSSR count). The first-order valence-corrected chi connectivity index (χ1v) is 11.2. The van der Waals surface area contributed by atoms with E-state index >= 15 is 0 Å². The van der Waals surface area contributed by atoms with Crippen molar-refractivity contribution in [3.05, 3.63) is 117 Å². The first-order chi connectivity index (χ1) is 15.2. The van der Waals surface area contributed by atoms with Crippen LogP contribution < -0.4 is 10.2 Å². The van der Waals surface area contributed by atoms with Crippen LogP contribution in [0.15, 0.2) is 94.5 Å². The number of allylic oxidation sites excluding steroid dienone is 1. The summed E-state index contributed by atoms with van der Waals surface area (Å²) in [5.41, 5.74) is 7.10. The molecule has 0 saturated carbocycles. The number of ether oxygens (including phenoxy) is 1. The van der Waals surface area contributed by atoms with Crippen molar-refractivity contribution in [3.63, 3.8) is 0 Å². The Hall–Kier alpha value is -3.50. The van der Waals surface area contributed by atoms with Crippen molar-refractivity contribution < 1.29 is 4.74 Å². The molecule has 0 spiro atoms. The number of thiazole rings is 1. The lowest BCUT2D eigenvalue weighted by Gasteiger charge is -2.04. The quantitative estimate of drug-likeness (QED) is 0.331. The minimum atomic E-state index is -0.150. The van der Waals surface area contributed by atoms with Crippen LogP contribution in [0.25, 0.3) is 22.9 Å². The van der Waals surface area contributed by atoms with E-state index in [1.165, 1.54) is 11.3 Å². The van der Waals surface area contributed by atoms with Crippen LogP contribution in [0.3, 0.4) is 0 Å². The molecule has 0 aliphatic rings. The van der Waals surface area contributed by atoms with Gasteiger partial charge in [0.1, 0.15) is 6.61 Å². The molecule has 1 aromatic heterocycles. The summed E-state index contributed by atoms with van der Waals surface area (Å²) in [7, 11) is 0. The van der Waals surface area contributed by atoms with E-state index in [2.05, 4.69) is 30.1 Å². The highest BCUT2D eigenvalue weighted by atomic mass is 32.1. The van der Waals surface area contributed by atoms with Gasteiger partial charge in [0.15, 0.2) is 5.75 Å². The Morgan fingerprint density at radius 2 is 1.74 bits per heavy atom. The third-order valence-electron chi connectivity index (χ3n) is 5.02. The van der Waals surface area contributed by atoms with E-state index in [0.29, 0.717) is 23.6 Å². The van der Waals surface area contributed by atoms with Crippen molar-refractivity contribution in [2.45, 2.75) is 20.0 Å². The molecule has 1 heterocycles. The van der Waals surface area contributed by atoms with Crippen molar-refractivity contribution in [1.29, 1.82) is 0 Å². The zero-order valence-corrected chi connectivity index (χ0v) is 18.1. The lowest BCUT2D eigenvalue weighted by Crippen LogP contribution is -2.08. The van der Waals surface area contributed by atoms with Crippen LogP contribution in [-0.2, 0) is 6.61 Å². The van der Waals surface area contributed by atoms with Gasteiger partial charge in [-0.3, -0.25) is 4.79 Å². The molecule has 0 radical (unpaired) electrons. The molecule has 4 heteroatoms. The fraction of sp³-hybridized carbons (Fsp3) is 0.111. The second-order valence-electron chi connectivity index (χ2n) is 7.12. The van der Waals surface area contributed by atoms with E-state index in [1.54, 1.807) is 11.6 Å². The predicted octanol–water partition coefficient (Wildman–Crippen LogP) is 6.70. The predicted molar refractivity (Wildman–Crippen MR) is 129 cm³/mol. The molecule has 4 aromatic rings. The molecule has 3 aromatic carbocycles. The van der Waals surface area contributed by atoms with Gasteiger partial charge < -0.3 is 4.74 Å². The lowest BCUT2D eigenvalue weighted by molar-refractivity contribution is 0.304. The van der Waals surface area contributed by atoms with Gasteiger partial charge in [-0.2, -0.15) is 0 Å². The largest absolute Gasteiger partial charge is 0.485 e. The van der Waals surface area contributed by atoms with Gasteiger partial charge in [0.2, 0.25) is 5.43 Å². The number of hydrogen-bond donors (Lipinski definition) is 0. The van der Waals surface area contributed by atoms with Gasteiger partial charge >= 0.3 is 0 Å². The Balaban J connectivity index is 1.78. The molecule has 0 atom stereocenters. The molecule has 0 aliphatic heterocycles. The topological polar surface area (TPSA) is 39.2 Å². The molecule has 0 N–H and O–H groups in total. The van der Waals surface area contributed by atoms with Crippen LogP contribution in [-0.4, -0.2) is 4.98 Å². The summed E-state index contributed by atoms with van der Waals surface area (Å²) >= 11 is 1.47. The van der Waals surface area contributed by atoms with Crippen molar-refractivity contribution in [1.82, 2.24) is 4.98 Å². The van der Waals surface area contributed by atoms with E-state index in [1.807, 2.05) is 66.0 Å². The third kappa shape index (κ3) is 5.16. The van der Waals surface area contributed by atoms with Gasteiger partial charge in [0.05, 0.1) is 16.8 Å². The standard InChI is InChI=1S/C27H23NO2S/c1-2-22(15-20-9-5-3-6-10-20)23-13-14-26(30-17-21-11-7-4-8-12-21)27(29)24(16-23)25-18-31-19-28-25/h3-16,18-19H,2,17H2,1H3/b22-15+. The van der Waals surface area contributed by atoms with Gasteiger partial charge in [0.25, 0.3) is 0 Å². The molecule has 0 amide bonds. The van der Waals surface area contributed by atoms with Crippen LogP contribution in [0, 0.1) is 0 Å². The van der Waals surface area contributed by atoms with E-state index in [-0.39, 0.29) is 5.43 Å². The van der Waals surface area contributed by atoms with Crippen molar-refractivity contribution in [3.8, 4) is 17.0 Å². The minimum absolute atomic E-state index is 0.150. The molecule has 0 bridgehead atoms. The van der Waals surface area contributed by atoms with Crippen molar-refractivity contribution in [2.75, 3.05) is 0 Å². The number of aromatic nitrogens is 1. The van der Waals surface area contributed by atoms with E-state index < -0.39 is 0 Å². The normalized spacial score (nSPS) is 11.3. The highest BCUT2D eigenvalue weighted by Gasteiger charge is 2.12. The number of rotatable bonds is 7. The summed E-state index contributed by atoms with van der Waals surface area (Å²) in [5.74, 6) is 0.327. The van der Waals surface area contributed by atoms with Gasteiger partial charge in [-0.05, 0) is 40.8 Å². The van der Waals surface area contributed by atoms with Crippen LogP contribution >= 0.6 is 11.3 Å². The molecule has 154 valence electrons. The zero-order valence-electron chi connectivity index (χ0n) is 17.3. The summed E-state index contributed by atoms with van der Waals surface area (Å²) in [5, 5.41) is 1.90. The summed E-state index contributed by atoms with van der Waals surface area (Å²) in [4.78, 5) is 17.7. The van der Waals surface area contributed by atoms with E-state index in [0.717, 1.165) is 28.7 Å². The van der Waals surface area contributed by atoms with Crippen molar-refractivity contribution >= 4 is 23.0 Å². The molecule has 31 heavy (non-hydrogen) atoms. The van der Waals surface area contributed by atoms with Crippen LogP contribution in [0.2, 0.25) is 0 Å². The molecule has 0 unspecified atom stereocenters. The maximum atomic E-state index is 13.3. The lowest BCUT2D eigenvalue weighted by atomic mass is 10.0. The second-order valence-corrected chi connectivity index (χ2v) is 7.84.